The Morgan fingerprint density at radius 1 is 1.50 bits per heavy atom. The van der Waals surface area contributed by atoms with Gasteiger partial charge in [-0.2, -0.15) is 5.10 Å². The first kappa shape index (κ1) is 10.3. The van der Waals surface area contributed by atoms with E-state index in [-0.39, 0.29) is 5.91 Å². The van der Waals surface area contributed by atoms with E-state index in [0.29, 0.717) is 23.5 Å². The van der Waals surface area contributed by atoms with Crippen molar-refractivity contribution in [2.24, 2.45) is 5.73 Å². The molecule has 0 radical (unpaired) electrons. The zero-order valence-corrected chi connectivity index (χ0v) is 8.50. The molecular formula is C10H11N5O. The summed E-state index contributed by atoms with van der Waals surface area (Å²) in [5.41, 5.74) is 12.5. The lowest BCUT2D eigenvalue weighted by Crippen LogP contribution is -2.13. The molecule has 82 valence electrons. The third-order valence-corrected chi connectivity index (χ3v) is 2.08. The number of rotatable bonds is 2. The molecule has 0 aliphatic rings. The molecule has 0 atom stereocenters. The predicted molar refractivity (Wildman–Crippen MR) is 58.5 cm³/mol. The van der Waals surface area contributed by atoms with Gasteiger partial charge in [0.15, 0.2) is 0 Å². The average Bonchev–Trinajstić information content (AvgIpc) is 2.75. The number of aromatic nitrogens is 3. The molecular weight excluding hydrogens is 206 g/mol. The number of hydrogen-bond donors (Lipinski definition) is 2. The number of hydrogen-bond acceptors (Lipinski definition) is 5. The molecule has 0 spiro atoms. The third kappa shape index (κ3) is 1.91. The van der Waals surface area contributed by atoms with E-state index in [2.05, 4.69) is 10.1 Å². The molecule has 2 rings (SSSR count). The van der Waals surface area contributed by atoms with Crippen LogP contribution in [0, 0.1) is 0 Å². The highest BCUT2D eigenvalue weighted by Crippen LogP contribution is 2.06. The fraction of sp³-hybridized carbons (Fsp3) is 0.100. The first-order valence-electron chi connectivity index (χ1n) is 4.70. The standard InChI is InChI=1S/C10H11N5O/c11-4-9-3-7(1-2-13-9)10(16)15-6-8(12)5-14-15/h1-3,5-6H,4,11-12H2. The lowest BCUT2D eigenvalue weighted by Gasteiger charge is -2.01. The van der Waals surface area contributed by atoms with Gasteiger partial charge in [-0.3, -0.25) is 9.78 Å². The summed E-state index contributed by atoms with van der Waals surface area (Å²) in [4.78, 5) is 15.9. The highest BCUT2D eigenvalue weighted by molar-refractivity contribution is 5.95. The molecule has 0 unspecified atom stereocenters. The minimum Gasteiger partial charge on any atom is -0.396 e. The molecule has 0 bridgehead atoms. The summed E-state index contributed by atoms with van der Waals surface area (Å²) in [6.07, 6.45) is 4.43. The second-order valence-electron chi connectivity index (χ2n) is 3.26. The van der Waals surface area contributed by atoms with Gasteiger partial charge in [0.2, 0.25) is 0 Å². The zero-order chi connectivity index (χ0) is 11.5. The molecule has 6 heteroatoms. The molecule has 6 nitrogen and oxygen atoms in total. The normalized spacial score (nSPS) is 10.3. The molecule has 4 N–H and O–H groups in total. The largest absolute Gasteiger partial charge is 0.396 e. The van der Waals surface area contributed by atoms with Crippen molar-refractivity contribution in [1.82, 2.24) is 14.8 Å². The topological polar surface area (TPSA) is 99.8 Å². The number of anilines is 1. The summed E-state index contributed by atoms with van der Waals surface area (Å²) in [6.45, 7) is 0.294. The highest BCUT2D eigenvalue weighted by Gasteiger charge is 2.09. The smallest absolute Gasteiger partial charge is 0.278 e. The van der Waals surface area contributed by atoms with Crippen molar-refractivity contribution < 1.29 is 4.79 Å². The van der Waals surface area contributed by atoms with Crippen molar-refractivity contribution in [2.45, 2.75) is 6.54 Å². The SMILES string of the molecule is NCc1cc(C(=O)n2cc(N)cn2)ccn1. The predicted octanol–water partition coefficient (Wildman–Crippen LogP) is 0.00750. The van der Waals surface area contributed by atoms with E-state index in [1.165, 1.54) is 17.1 Å². The Kier molecular flexibility index (Phi) is 2.65. The van der Waals surface area contributed by atoms with Crippen LogP contribution in [0.15, 0.2) is 30.7 Å². The van der Waals surface area contributed by atoms with Crippen molar-refractivity contribution in [1.29, 1.82) is 0 Å². The Morgan fingerprint density at radius 2 is 2.31 bits per heavy atom. The van der Waals surface area contributed by atoms with Crippen LogP contribution in [0.2, 0.25) is 0 Å². The van der Waals surface area contributed by atoms with E-state index in [1.807, 2.05) is 0 Å². The van der Waals surface area contributed by atoms with Gasteiger partial charge in [0.05, 0.1) is 23.8 Å². The van der Waals surface area contributed by atoms with Gasteiger partial charge in [0.25, 0.3) is 5.91 Å². The molecule has 0 saturated carbocycles. The molecule has 0 aromatic carbocycles. The van der Waals surface area contributed by atoms with Gasteiger partial charge in [-0.1, -0.05) is 0 Å². The van der Waals surface area contributed by atoms with Gasteiger partial charge in [0.1, 0.15) is 0 Å². The maximum atomic E-state index is 11.9. The van der Waals surface area contributed by atoms with Crippen LogP contribution < -0.4 is 11.5 Å². The maximum absolute atomic E-state index is 11.9. The van der Waals surface area contributed by atoms with E-state index in [1.54, 1.807) is 18.3 Å². The van der Waals surface area contributed by atoms with Gasteiger partial charge in [-0.15, -0.1) is 0 Å². The molecule has 0 aliphatic carbocycles. The Morgan fingerprint density at radius 3 is 2.94 bits per heavy atom. The van der Waals surface area contributed by atoms with Gasteiger partial charge >= 0.3 is 0 Å². The first-order chi connectivity index (χ1) is 7.70. The van der Waals surface area contributed by atoms with Crippen molar-refractivity contribution in [3.8, 4) is 0 Å². The van der Waals surface area contributed by atoms with E-state index in [4.69, 9.17) is 11.5 Å². The third-order valence-electron chi connectivity index (χ3n) is 2.08. The number of carbonyl (C=O) groups is 1. The molecule has 16 heavy (non-hydrogen) atoms. The lowest BCUT2D eigenvalue weighted by atomic mass is 10.2. The quantitative estimate of drug-likeness (QED) is 0.738. The number of pyridine rings is 1. The summed E-state index contributed by atoms with van der Waals surface area (Å²) in [5.74, 6) is -0.256. The number of nitrogens with two attached hydrogens (primary N) is 2. The average molecular weight is 217 g/mol. The Labute approximate surface area is 91.9 Å². The molecule has 0 saturated heterocycles. The maximum Gasteiger partial charge on any atom is 0.278 e. The van der Waals surface area contributed by atoms with Crippen LogP contribution in [0.3, 0.4) is 0 Å². The molecule has 2 aromatic heterocycles. The second-order valence-corrected chi connectivity index (χ2v) is 3.26. The van der Waals surface area contributed by atoms with E-state index >= 15 is 0 Å². The number of nitrogen functional groups attached to an aromatic ring is 1. The van der Waals surface area contributed by atoms with Crippen LogP contribution >= 0.6 is 0 Å². The molecule has 2 aromatic rings. The zero-order valence-electron chi connectivity index (χ0n) is 8.50. The Hall–Kier alpha value is -2.21. The minimum atomic E-state index is -0.256. The van der Waals surface area contributed by atoms with Gasteiger partial charge < -0.3 is 11.5 Å². The van der Waals surface area contributed by atoms with Crippen molar-refractivity contribution in [3.63, 3.8) is 0 Å². The van der Waals surface area contributed by atoms with Crippen molar-refractivity contribution in [3.05, 3.63) is 42.0 Å². The fourth-order valence-corrected chi connectivity index (χ4v) is 1.30. The van der Waals surface area contributed by atoms with E-state index < -0.39 is 0 Å². The molecule has 2 heterocycles. The summed E-state index contributed by atoms with van der Waals surface area (Å²) < 4.78 is 1.19. The van der Waals surface area contributed by atoms with Crippen molar-refractivity contribution >= 4 is 11.6 Å². The van der Waals surface area contributed by atoms with Crippen LogP contribution in [-0.2, 0) is 6.54 Å². The Balaban J connectivity index is 2.33. The molecule has 0 amide bonds. The minimum absolute atomic E-state index is 0.256. The molecule has 0 fully saturated rings. The first-order valence-corrected chi connectivity index (χ1v) is 4.70. The molecule has 0 aliphatic heterocycles. The van der Waals surface area contributed by atoms with Crippen LogP contribution in [0.25, 0.3) is 0 Å². The summed E-state index contributed by atoms with van der Waals surface area (Å²) >= 11 is 0. The number of carbonyl (C=O) groups excluding carboxylic acids is 1. The fourth-order valence-electron chi connectivity index (χ4n) is 1.30. The van der Waals surface area contributed by atoms with Crippen LogP contribution in [0.5, 0.6) is 0 Å². The summed E-state index contributed by atoms with van der Waals surface area (Å²) in [5, 5.41) is 3.84. The van der Waals surface area contributed by atoms with E-state index in [9.17, 15) is 4.79 Å². The van der Waals surface area contributed by atoms with E-state index in [0.717, 1.165) is 0 Å². The van der Waals surface area contributed by atoms with Gasteiger partial charge in [0, 0.05) is 18.3 Å². The Bertz CT molecular complexity index is 519. The number of nitrogens with zero attached hydrogens (tertiary/aromatic N) is 3. The van der Waals surface area contributed by atoms with Crippen molar-refractivity contribution in [2.75, 3.05) is 5.73 Å². The highest BCUT2D eigenvalue weighted by atomic mass is 16.2. The monoisotopic (exact) mass is 217 g/mol. The summed E-state index contributed by atoms with van der Waals surface area (Å²) in [7, 11) is 0. The lowest BCUT2D eigenvalue weighted by molar-refractivity contribution is 0.0945. The van der Waals surface area contributed by atoms with Crippen LogP contribution in [-0.4, -0.2) is 20.7 Å². The van der Waals surface area contributed by atoms with Crippen LogP contribution in [0.4, 0.5) is 5.69 Å². The van der Waals surface area contributed by atoms with Crippen LogP contribution in [0.1, 0.15) is 16.1 Å². The second kappa shape index (κ2) is 4.11. The summed E-state index contributed by atoms with van der Waals surface area (Å²) in [6, 6.07) is 3.25. The van der Waals surface area contributed by atoms with Gasteiger partial charge in [-0.05, 0) is 12.1 Å². The van der Waals surface area contributed by atoms with Gasteiger partial charge in [-0.25, -0.2) is 4.68 Å².